The lowest BCUT2D eigenvalue weighted by atomic mass is 9.74. The van der Waals surface area contributed by atoms with E-state index in [4.69, 9.17) is 0 Å². The fourth-order valence-electron chi connectivity index (χ4n) is 4.51. The molecule has 2 aliphatic rings. The van der Waals surface area contributed by atoms with Gasteiger partial charge in [0.05, 0.1) is 6.10 Å². The third kappa shape index (κ3) is 3.05. The molecule has 0 bridgehead atoms. The molecule has 0 saturated carbocycles. The van der Waals surface area contributed by atoms with Crippen LogP contribution in [0.4, 0.5) is 0 Å². The van der Waals surface area contributed by atoms with Crippen molar-refractivity contribution in [1.29, 1.82) is 0 Å². The first-order chi connectivity index (χ1) is 11.7. The number of benzene rings is 2. The molecule has 2 aromatic carbocycles. The Morgan fingerprint density at radius 1 is 1.04 bits per heavy atom. The van der Waals surface area contributed by atoms with Gasteiger partial charge in [-0.05, 0) is 73.0 Å². The highest BCUT2D eigenvalue weighted by molar-refractivity contribution is 9.10. The van der Waals surface area contributed by atoms with E-state index in [9.17, 15) is 5.11 Å². The summed E-state index contributed by atoms with van der Waals surface area (Å²) in [7, 11) is 0. The van der Waals surface area contributed by atoms with E-state index in [2.05, 4.69) is 45.1 Å². The standard InChI is InChI=1S/C21H24BrNO/c22-18-6-3-5-17(14-18)20(24)15-23-12-10-21(11-13-23)9-8-16-4-1-2-7-19(16)21/h1-7,14,20,24H,8-13,15H2/t20-/m0/s1. The van der Waals surface area contributed by atoms with Gasteiger partial charge < -0.3 is 10.0 Å². The monoisotopic (exact) mass is 385 g/mol. The molecule has 24 heavy (non-hydrogen) atoms. The van der Waals surface area contributed by atoms with Crippen molar-refractivity contribution in [2.45, 2.75) is 37.2 Å². The Balaban J connectivity index is 1.40. The largest absolute Gasteiger partial charge is 0.387 e. The zero-order valence-electron chi connectivity index (χ0n) is 13.9. The van der Waals surface area contributed by atoms with Gasteiger partial charge in [-0.2, -0.15) is 0 Å². The van der Waals surface area contributed by atoms with E-state index in [-0.39, 0.29) is 0 Å². The van der Waals surface area contributed by atoms with Crippen molar-refractivity contribution >= 4 is 15.9 Å². The first kappa shape index (κ1) is 16.3. The summed E-state index contributed by atoms with van der Waals surface area (Å²) in [6.45, 7) is 2.90. The molecule has 0 amide bonds. The van der Waals surface area contributed by atoms with Crippen molar-refractivity contribution in [3.63, 3.8) is 0 Å². The summed E-state index contributed by atoms with van der Waals surface area (Å²) in [4.78, 5) is 2.43. The van der Waals surface area contributed by atoms with E-state index in [0.29, 0.717) is 5.41 Å². The molecular formula is C21H24BrNO. The summed E-state index contributed by atoms with van der Waals surface area (Å²) in [6, 6.07) is 17.0. The number of likely N-dealkylation sites (tertiary alicyclic amines) is 1. The summed E-state index contributed by atoms with van der Waals surface area (Å²) in [5, 5.41) is 10.5. The molecule has 1 aliphatic heterocycles. The summed E-state index contributed by atoms with van der Waals surface area (Å²) in [6.07, 6.45) is 4.56. The second-order valence-electron chi connectivity index (χ2n) is 7.31. The normalized spacial score (nSPS) is 20.9. The molecule has 4 rings (SSSR count). The molecule has 1 heterocycles. The van der Waals surface area contributed by atoms with Gasteiger partial charge in [-0.15, -0.1) is 0 Å². The van der Waals surface area contributed by atoms with Crippen LogP contribution in [0.5, 0.6) is 0 Å². The molecule has 1 fully saturated rings. The van der Waals surface area contributed by atoms with E-state index >= 15 is 0 Å². The number of rotatable bonds is 3. The molecule has 3 heteroatoms. The molecule has 1 atom stereocenters. The van der Waals surface area contributed by atoms with Crippen LogP contribution in [0.2, 0.25) is 0 Å². The predicted molar refractivity (Wildman–Crippen MR) is 101 cm³/mol. The van der Waals surface area contributed by atoms with Gasteiger partial charge in [0.15, 0.2) is 0 Å². The fraction of sp³-hybridized carbons (Fsp3) is 0.429. The maximum absolute atomic E-state index is 10.5. The van der Waals surface area contributed by atoms with E-state index in [1.807, 2.05) is 24.3 Å². The number of halogens is 1. The van der Waals surface area contributed by atoms with Crippen LogP contribution in [0.1, 0.15) is 42.1 Å². The Morgan fingerprint density at radius 2 is 1.83 bits per heavy atom. The predicted octanol–water partition coefficient (Wildman–Crippen LogP) is 4.46. The Hall–Kier alpha value is -1.16. The summed E-state index contributed by atoms with van der Waals surface area (Å²) < 4.78 is 1.03. The summed E-state index contributed by atoms with van der Waals surface area (Å²) in [5.74, 6) is 0. The van der Waals surface area contributed by atoms with Gasteiger partial charge in [0.1, 0.15) is 0 Å². The zero-order valence-corrected chi connectivity index (χ0v) is 15.5. The summed E-state index contributed by atoms with van der Waals surface area (Å²) in [5.41, 5.74) is 4.54. The third-order valence-electron chi connectivity index (χ3n) is 5.94. The number of aryl methyl sites for hydroxylation is 1. The zero-order chi connectivity index (χ0) is 16.6. The van der Waals surface area contributed by atoms with Crippen LogP contribution in [0.15, 0.2) is 53.0 Å². The van der Waals surface area contributed by atoms with Crippen molar-refractivity contribution in [3.8, 4) is 0 Å². The van der Waals surface area contributed by atoms with Gasteiger partial charge in [0.2, 0.25) is 0 Å². The number of fused-ring (bicyclic) bond motifs is 2. The number of hydrogen-bond donors (Lipinski definition) is 1. The molecule has 126 valence electrons. The minimum absolute atomic E-state index is 0.397. The lowest BCUT2D eigenvalue weighted by Gasteiger charge is -2.40. The lowest BCUT2D eigenvalue weighted by molar-refractivity contribution is 0.0811. The Kier molecular flexibility index (Phi) is 4.50. The molecule has 0 radical (unpaired) electrons. The van der Waals surface area contributed by atoms with Crippen LogP contribution in [-0.4, -0.2) is 29.6 Å². The van der Waals surface area contributed by atoms with E-state index in [0.717, 1.165) is 29.7 Å². The van der Waals surface area contributed by atoms with E-state index < -0.39 is 6.10 Å². The Morgan fingerprint density at radius 3 is 2.62 bits per heavy atom. The van der Waals surface area contributed by atoms with Crippen LogP contribution >= 0.6 is 15.9 Å². The second-order valence-corrected chi connectivity index (χ2v) is 8.22. The third-order valence-corrected chi connectivity index (χ3v) is 6.43. The highest BCUT2D eigenvalue weighted by Gasteiger charge is 2.40. The van der Waals surface area contributed by atoms with Crippen molar-refractivity contribution < 1.29 is 5.11 Å². The SMILES string of the molecule is O[C@@H](CN1CCC2(CCc3ccccc32)CC1)c1cccc(Br)c1. The lowest BCUT2D eigenvalue weighted by Crippen LogP contribution is -2.43. The van der Waals surface area contributed by atoms with E-state index in [1.165, 1.54) is 25.7 Å². The second kappa shape index (κ2) is 6.62. The molecule has 2 aromatic rings. The smallest absolute Gasteiger partial charge is 0.0917 e. The maximum Gasteiger partial charge on any atom is 0.0917 e. The van der Waals surface area contributed by atoms with Crippen LogP contribution in [0.25, 0.3) is 0 Å². The van der Waals surface area contributed by atoms with Crippen LogP contribution in [-0.2, 0) is 11.8 Å². The first-order valence-corrected chi connectivity index (χ1v) is 9.70. The van der Waals surface area contributed by atoms with Crippen molar-refractivity contribution in [2.75, 3.05) is 19.6 Å². The van der Waals surface area contributed by atoms with Crippen molar-refractivity contribution in [1.82, 2.24) is 4.90 Å². The van der Waals surface area contributed by atoms with Crippen LogP contribution in [0.3, 0.4) is 0 Å². The number of hydrogen-bond acceptors (Lipinski definition) is 2. The molecule has 1 aliphatic carbocycles. The molecule has 2 nitrogen and oxygen atoms in total. The number of piperidine rings is 1. The Bertz CT molecular complexity index is 721. The molecule has 0 aromatic heterocycles. The average Bonchev–Trinajstić information content (AvgIpc) is 2.96. The van der Waals surface area contributed by atoms with Crippen molar-refractivity contribution in [2.24, 2.45) is 0 Å². The van der Waals surface area contributed by atoms with Gasteiger partial charge >= 0.3 is 0 Å². The number of aliphatic hydroxyl groups is 1. The maximum atomic E-state index is 10.5. The van der Waals surface area contributed by atoms with Gasteiger partial charge in [-0.1, -0.05) is 52.3 Å². The number of nitrogens with zero attached hydrogens (tertiary/aromatic N) is 1. The van der Waals surface area contributed by atoms with Crippen molar-refractivity contribution in [3.05, 3.63) is 69.7 Å². The van der Waals surface area contributed by atoms with Crippen LogP contribution < -0.4 is 0 Å². The van der Waals surface area contributed by atoms with Gasteiger partial charge in [-0.25, -0.2) is 0 Å². The molecule has 0 unspecified atom stereocenters. The minimum Gasteiger partial charge on any atom is -0.387 e. The molecular weight excluding hydrogens is 362 g/mol. The van der Waals surface area contributed by atoms with Crippen LogP contribution in [0, 0.1) is 0 Å². The van der Waals surface area contributed by atoms with Gasteiger partial charge in [0, 0.05) is 11.0 Å². The first-order valence-electron chi connectivity index (χ1n) is 8.91. The van der Waals surface area contributed by atoms with Gasteiger partial charge in [-0.3, -0.25) is 0 Å². The topological polar surface area (TPSA) is 23.5 Å². The average molecular weight is 386 g/mol. The number of aliphatic hydroxyl groups excluding tert-OH is 1. The van der Waals surface area contributed by atoms with Gasteiger partial charge in [0.25, 0.3) is 0 Å². The highest BCUT2D eigenvalue weighted by atomic mass is 79.9. The Labute approximate surface area is 152 Å². The molecule has 1 N–H and O–H groups in total. The summed E-state index contributed by atoms with van der Waals surface area (Å²) >= 11 is 3.49. The molecule has 1 saturated heterocycles. The fourth-order valence-corrected chi connectivity index (χ4v) is 4.93. The van der Waals surface area contributed by atoms with E-state index in [1.54, 1.807) is 11.1 Å². The highest BCUT2D eigenvalue weighted by Crippen LogP contribution is 2.46. The molecule has 1 spiro atoms. The minimum atomic E-state index is -0.410. The quantitative estimate of drug-likeness (QED) is 0.842. The number of β-amino-alcohol motifs (C(OH)–C–C–N with tert-alkyl or cyclic N) is 1.